The van der Waals surface area contributed by atoms with Crippen molar-refractivity contribution in [1.82, 2.24) is 4.90 Å². The summed E-state index contributed by atoms with van der Waals surface area (Å²) in [6, 6.07) is 7.74. The van der Waals surface area contributed by atoms with Crippen molar-refractivity contribution in [2.24, 2.45) is 0 Å². The van der Waals surface area contributed by atoms with Crippen LogP contribution in [0.1, 0.15) is 32.1 Å². The van der Waals surface area contributed by atoms with E-state index < -0.39 is 5.97 Å². The molecule has 1 aromatic carbocycles. The first-order valence-electron chi connectivity index (χ1n) is 7.46. The van der Waals surface area contributed by atoms with E-state index in [0.29, 0.717) is 19.4 Å². The highest BCUT2D eigenvalue weighted by atomic mass is 79.9. The maximum Gasteiger partial charge on any atom is 0.323 e. The first-order chi connectivity index (χ1) is 10.6. The summed E-state index contributed by atoms with van der Waals surface area (Å²) in [6.07, 6.45) is 3.70. The van der Waals surface area contributed by atoms with Gasteiger partial charge in [0.1, 0.15) is 12.3 Å². The summed E-state index contributed by atoms with van der Waals surface area (Å²) in [7, 11) is 0. The number of rotatable bonds is 9. The standard InChI is InChI=1S/C16H20BrNO4/c17-12-4-8-14(9-5-12)22-10-2-1-3-15(19)18(11-16(20)21)13-6-7-13/h4-5,8-9,13H,1-3,6-7,10-11H2,(H,20,21). The largest absolute Gasteiger partial charge is 0.494 e. The topological polar surface area (TPSA) is 66.8 Å². The highest BCUT2D eigenvalue weighted by molar-refractivity contribution is 9.10. The van der Waals surface area contributed by atoms with E-state index in [2.05, 4.69) is 15.9 Å². The first kappa shape index (κ1) is 16.8. The third-order valence-corrected chi connectivity index (χ3v) is 4.01. The molecule has 0 unspecified atom stereocenters. The molecule has 1 amide bonds. The number of halogens is 1. The highest BCUT2D eigenvalue weighted by Gasteiger charge is 2.33. The smallest absolute Gasteiger partial charge is 0.323 e. The molecule has 0 radical (unpaired) electrons. The van der Waals surface area contributed by atoms with Gasteiger partial charge < -0.3 is 14.7 Å². The van der Waals surface area contributed by atoms with Gasteiger partial charge in [-0.05, 0) is 49.9 Å². The lowest BCUT2D eigenvalue weighted by atomic mass is 10.2. The van der Waals surface area contributed by atoms with Gasteiger partial charge in [-0.25, -0.2) is 0 Å². The molecule has 0 aliphatic heterocycles. The van der Waals surface area contributed by atoms with E-state index >= 15 is 0 Å². The Hall–Kier alpha value is -1.56. The summed E-state index contributed by atoms with van der Waals surface area (Å²) < 4.78 is 6.59. The number of carboxylic acids is 1. The number of benzene rings is 1. The van der Waals surface area contributed by atoms with Crippen LogP contribution in [-0.4, -0.2) is 41.1 Å². The number of carboxylic acid groups (broad SMARTS) is 1. The number of hydrogen-bond donors (Lipinski definition) is 1. The van der Waals surface area contributed by atoms with Gasteiger partial charge in [0.15, 0.2) is 0 Å². The van der Waals surface area contributed by atoms with Gasteiger partial charge in [-0.2, -0.15) is 0 Å². The van der Waals surface area contributed by atoms with Gasteiger partial charge in [0.2, 0.25) is 5.91 Å². The van der Waals surface area contributed by atoms with Crippen LogP contribution in [0.3, 0.4) is 0 Å². The number of unbranched alkanes of at least 4 members (excludes halogenated alkanes) is 1. The van der Waals surface area contributed by atoms with E-state index in [1.54, 1.807) is 0 Å². The third-order valence-electron chi connectivity index (χ3n) is 3.48. The minimum Gasteiger partial charge on any atom is -0.494 e. The number of carbonyl (C=O) groups excluding carboxylic acids is 1. The predicted molar refractivity (Wildman–Crippen MR) is 85.9 cm³/mol. The van der Waals surface area contributed by atoms with Crippen LogP contribution >= 0.6 is 15.9 Å². The monoisotopic (exact) mass is 369 g/mol. The van der Waals surface area contributed by atoms with E-state index in [4.69, 9.17) is 9.84 Å². The Morgan fingerprint density at radius 3 is 2.50 bits per heavy atom. The second-order valence-corrected chi connectivity index (χ2v) is 6.32. The molecule has 1 aromatic rings. The maximum absolute atomic E-state index is 12.0. The van der Waals surface area contributed by atoms with E-state index in [-0.39, 0.29) is 18.5 Å². The summed E-state index contributed by atoms with van der Waals surface area (Å²) in [5.74, 6) is -0.202. The highest BCUT2D eigenvalue weighted by Crippen LogP contribution is 2.27. The van der Waals surface area contributed by atoms with Gasteiger partial charge in [0.05, 0.1) is 6.61 Å². The molecular formula is C16H20BrNO4. The number of hydrogen-bond acceptors (Lipinski definition) is 3. The van der Waals surface area contributed by atoms with Crippen LogP contribution in [0, 0.1) is 0 Å². The third kappa shape index (κ3) is 5.67. The second kappa shape index (κ2) is 8.17. The predicted octanol–water partition coefficient (Wildman–Crippen LogP) is 3.07. The summed E-state index contributed by atoms with van der Waals surface area (Å²) in [4.78, 5) is 24.3. The normalized spacial score (nSPS) is 13.7. The maximum atomic E-state index is 12.0. The molecule has 0 aromatic heterocycles. The van der Waals surface area contributed by atoms with E-state index in [1.807, 2.05) is 24.3 Å². The van der Waals surface area contributed by atoms with Gasteiger partial charge >= 0.3 is 5.97 Å². The number of nitrogens with zero attached hydrogens (tertiary/aromatic N) is 1. The quantitative estimate of drug-likeness (QED) is 0.679. The Bertz CT molecular complexity index is 513. The van der Waals surface area contributed by atoms with Gasteiger partial charge in [0, 0.05) is 16.9 Å². The lowest BCUT2D eigenvalue weighted by molar-refractivity contribution is -0.145. The Morgan fingerprint density at radius 2 is 1.91 bits per heavy atom. The molecule has 0 atom stereocenters. The molecule has 1 saturated carbocycles. The fraction of sp³-hybridized carbons (Fsp3) is 0.500. The number of aliphatic carboxylic acids is 1. The molecule has 0 saturated heterocycles. The molecule has 0 heterocycles. The van der Waals surface area contributed by atoms with Gasteiger partial charge in [-0.15, -0.1) is 0 Å². The number of ether oxygens (including phenoxy) is 1. The molecule has 1 fully saturated rings. The fourth-order valence-corrected chi connectivity index (χ4v) is 2.46. The average molecular weight is 370 g/mol. The molecule has 1 N–H and O–H groups in total. The van der Waals surface area contributed by atoms with Gasteiger partial charge in [0.25, 0.3) is 0 Å². The molecule has 6 heteroatoms. The molecule has 5 nitrogen and oxygen atoms in total. The van der Waals surface area contributed by atoms with Crippen molar-refractivity contribution in [2.45, 2.75) is 38.1 Å². The van der Waals surface area contributed by atoms with E-state index in [0.717, 1.165) is 29.5 Å². The van der Waals surface area contributed by atoms with Crippen LogP contribution in [0.25, 0.3) is 0 Å². The zero-order valence-electron chi connectivity index (χ0n) is 12.3. The minimum atomic E-state index is -0.946. The zero-order chi connectivity index (χ0) is 15.9. The van der Waals surface area contributed by atoms with Crippen molar-refractivity contribution in [1.29, 1.82) is 0 Å². The molecule has 2 rings (SSSR count). The summed E-state index contributed by atoms with van der Waals surface area (Å²) >= 11 is 3.36. The van der Waals surface area contributed by atoms with Crippen LogP contribution < -0.4 is 4.74 Å². The SMILES string of the molecule is O=C(O)CN(C(=O)CCCCOc1ccc(Br)cc1)C1CC1. The fourth-order valence-electron chi connectivity index (χ4n) is 2.20. The van der Waals surface area contributed by atoms with Crippen molar-refractivity contribution in [3.05, 3.63) is 28.7 Å². The molecule has 1 aliphatic rings. The average Bonchev–Trinajstić information content (AvgIpc) is 3.30. The Labute approximate surface area is 138 Å². The van der Waals surface area contributed by atoms with Crippen LogP contribution in [0.2, 0.25) is 0 Å². The molecule has 1 aliphatic carbocycles. The van der Waals surface area contributed by atoms with Crippen molar-refractivity contribution in [3.63, 3.8) is 0 Å². The van der Waals surface area contributed by atoms with Crippen LogP contribution in [0.5, 0.6) is 5.75 Å². The second-order valence-electron chi connectivity index (χ2n) is 5.41. The van der Waals surface area contributed by atoms with Gasteiger partial charge in [-0.3, -0.25) is 9.59 Å². The zero-order valence-corrected chi connectivity index (χ0v) is 13.9. The molecule has 0 spiro atoms. The molecule has 0 bridgehead atoms. The van der Waals surface area contributed by atoms with Crippen molar-refractivity contribution in [3.8, 4) is 5.75 Å². The summed E-state index contributed by atoms with van der Waals surface area (Å²) in [5.41, 5.74) is 0. The van der Waals surface area contributed by atoms with Crippen LogP contribution in [0.15, 0.2) is 28.7 Å². The number of amides is 1. The Kier molecular flexibility index (Phi) is 6.24. The molecule has 120 valence electrons. The molecular weight excluding hydrogens is 350 g/mol. The van der Waals surface area contributed by atoms with E-state index in [9.17, 15) is 9.59 Å². The summed E-state index contributed by atoms with van der Waals surface area (Å²) in [6.45, 7) is 0.371. The Morgan fingerprint density at radius 1 is 1.23 bits per heavy atom. The van der Waals surface area contributed by atoms with E-state index in [1.165, 1.54) is 4.90 Å². The Balaban J connectivity index is 1.63. The van der Waals surface area contributed by atoms with Crippen LogP contribution in [0.4, 0.5) is 0 Å². The van der Waals surface area contributed by atoms with Crippen molar-refractivity contribution in [2.75, 3.05) is 13.2 Å². The summed E-state index contributed by atoms with van der Waals surface area (Å²) in [5, 5.41) is 8.85. The van der Waals surface area contributed by atoms with Crippen LogP contribution in [-0.2, 0) is 9.59 Å². The minimum absolute atomic E-state index is 0.0615. The lowest BCUT2D eigenvalue weighted by Gasteiger charge is -2.20. The molecule has 22 heavy (non-hydrogen) atoms. The number of carbonyl (C=O) groups is 2. The van der Waals surface area contributed by atoms with Crippen molar-refractivity contribution >= 4 is 27.8 Å². The first-order valence-corrected chi connectivity index (χ1v) is 8.25. The van der Waals surface area contributed by atoms with Crippen molar-refractivity contribution < 1.29 is 19.4 Å². The lowest BCUT2D eigenvalue weighted by Crippen LogP contribution is -2.37. The van der Waals surface area contributed by atoms with Gasteiger partial charge in [-0.1, -0.05) is 15.9 Å².